The molecule has 0 saturated heterocycles. The lowest BCUT2D eigenvalue weighted by Gasteiger charge is -2.29. The molecule has 0 bridgehead atoms. The summed E-state index contributed by atoms with van der Waals surface area (Å²) in [5.74, 6) is 4.12. The Labute approximate surface area is 89.8 Å². The first kappa shape index (κ1) is 11.8. The Bertz CT molecular complexity index is 234. The second kappa shape index (κ2) is 4.08. The predicted molar refractivity (Wildman–Crippen MR) is 63.6 cm³/mol. The standard InChI is InChI=1S/C14H24/c1-8(2)9(3)14-12(6)10(4)11(5)13(14)7/h8,10,12,14H,6H2,1-5,7H3. The molecule has 0 heterocycles. The molecule has 0 aromatic heterocycles. The first-order valence-corrected chi connectivity index (χ1v) is 5.71. The lowest BCUT2D eigenvalue weighted by Crippen LogP contribution is -2.21. The third kappa shape index (κ3) is 1.76. The van der Waals surface area contributed by atoms with E-state index in [1.54, 1.807) is 17.1 Å². The van der Waals surface area contributed by atoms with Crippen molar-refractivity contribution in [1.82, 2.24) is 0 Å². The van der Waals surface area contributed by atoms with Crippen molar-refractivity contribution in [2.24, 2.45) is 23.7 Å². The van der Waals surface area contributed by atoms with E-state index < -0.39 is 0 Å². The van der Waals surface area contributed by atoms with Gasteiger partial charge < -0.3 is 0 Å². The lowest BCUT2D eigenvalue weighted by atomic mass is 9.75. The molecule has 0 N–H and O–H groups in total. The molecule has 0 aromatic rings. The van der Waals surface area contributed by atoms with Crippen LogP contribution in [0.3, 0.4) is 0 Å². The van der Waals surface area contributed by atoms with Crippen LogP contribution in [0.2, 0.25) is 0 Å². The van der Waals surface area contributed by atoms with Crippen molar-refractivity contribution < 1.29 is 0 Å². The zero-order valence-corrected chi connectivity index (χ0v) is 10.5. The van der Waals surface area contributed by atoms with Crippen molar-refractivity contribution in [3.63, 3.8) is 0 Å². The Hall–Kier alpha value is -0.260. The van der Waals surface area contributed by atoms with Gasteiger partial charge in [0.25, 0.3) is 0 Å². The van der Waals surface area contributed by atoms with Crippen molar-refractivity contribution in [3.8, 4) is 0 Å². The summed E-state index contributed by atoms with van der Waals surface area (Å²) in [4.78, 5) is 0. The summed E-state index contributed by atoms with van der Waals surface area (Å²) in [5.41, 5.74) is 3.14. The van der Waals surface area contributed by atoms with Crippen LogP contribution in [0.25, 0.3) is 0 Å². The van der Waals surface area contributed by atoms with Gasteiger partial charge in [-0.15, -0.1) is 0 Å². The number of rotatable bonds is 2. The van der Waals surface area contributed by atoms with Crippen molar-refractivity contribution >= 4 is 0 Å². The van der Waals surface area contributed by atoms with Crippen molar-refractivity contribution in [2.45, 2.75) is 41.5 Å². The molecular formula is C14H24. The van der Waals surface area contributed by atoms with Crippen LogP contribution in [0, 0.1) is 36.5 Å². The summed E-state index contributed by atoms with van der Waals surface area (Å²) >= 11 is 0. The molecule has 14 heavy (non-hydrogen) atoms. The molecule has 1 aliphatic rings. The Morgan fingerprint density at radius 1 is 1.21 bits per heavy atom. The summed E-state index contributed by atoms with van der Waals surface area (Å²) < 4.78 is 0. The molecule has 0 nitrogen and oxygen atoms in total. The maximum Gasteiger partial charge on any atom is -0.0107 e. The van der Waals surface area contributed by atoms with E-state index >= 15 is 0 Å². The maximum atomic E-state index is 4.34. The predicted octanol–water partition coefficient (Wildman–Crippen LogP) is 4.29. The second-order valence-corrected chi connectivity index (χ2v) is 5.19. The van der Waals surface area contributed by atoms with E-state index in [-0.39, 0.29) is 0 Å². The zero-order valence-electron chi connectivity index (χ0n) is 10.5. The largest absolute Gasteiger partial charge is 0.0710 e. The highest BCUT2D eigenvalue weighted by molar-refractivity contribution is 5.30. The van der Waals surface area contributed by atoms with E-state index in [1.165, 1.54) is 0 Å². The molecule has 80 valence electrons. The van der Waals surface area contributed by atoms with E-state index in [2.05, 4.69) is 48.5 Å². The Kier molecular flexibility index (Phi) is 3.44. The number of hydrogen-bond donors (Lipinski definition) is 0. The minimum absolute atomic E-state index is 0.553. The van der Waals surface area contributed by atoms with Crippen LogP contribution < -0.4 is 0 Å². The molecule has 0 aromatic carbocycles. The average molecular weight is 192 g/mol. The SMILES string of the molecule is [CH2]C1C(C)C(C)=C(C)C1[C](C)C(C)C. The van der Waals surface area contributed by atoms with Crippen LogP contribution in [0.1, 0.15) is 41.5 Å². The van der Waals surface area contributed by atoms with Crippen LogP contribution in [0.15, 0.2) is 11.1 Å². The van der Waals surface area contributed by atoms with Gasteiger partial charge in [0, 0.05) is 0 Å². The smallest absolute Gasteiger partial charge is 0.0107 e. The molecule has 3 unspecified atom stereocenters. The van der Waals surface area contributed by atoms with Crippen molar-refractivity contribution in [1.29, 1.82) is 0 Å². The minimum atomic E-state index is 0.553. The van der Waals surface area contributed by atoms with Gasteiger partial charge in [-0.05, 0) is 50.4 Å². The summed E-state index contributed by atoms with van der Waals surface area (Å²) in [7, 11) is 0. The Morgan fingerprint density at radius 2 is 1.71 bits per heavy atom. The maximum absolute atomic E-state index is 4.34. The molecule has 3 atom stereocenters. The normalized spacial score (nSPS) is 33.6. The molecule has 1 aliphatic carbocycles. The van der Waals surface area contributed by atoms with Crippen LogP contribution in [-0.2, 0) is 0 Å². The number of allylic oxidation sites excluding steroid dienone is 2. The van der Waals surface area contributed by atoms with Gasteiger partial charge in [-0.1, -0.05) is 38.8 Å². The Balaban J connectivity index is 2.91. The molecule has 0 saturated carbocycles. The van der Waals surface area contributed by atoms with Gasteiger partial charge in [-0.25, -0.2) is 0 Å². The average Bonchev–Trinajstić information content (AvgIpc) is 2.30. The minimum Gasteiger partial charge on any atom is -0.0710 e. The Morgan fingerprint density at radius 3 is 2.00 bits per heavy atom. The third-order valence-electron chi connectivity index (χ3n) is 4.24. The van der Waals surface area contributed by atoms with Gasteiger partial charge in [-0.2, -0.15) is 0 Å². The fraction of sp³-hybridized carbons (Fsp3) is 0.714. The summed E-state index contributed by atoms with van der Waals surface area (Å²) in [5, 5.41) is 0. The van der Waals surface area contributed by atoms with E-state index in [0.717, 1.165) is 0 Å². The molecule has 0 amide bonds. The first-order valence-electron chi connectivity index (χ1n) is 5.71. The molecule has 2 radical (unpaired) electrons. The second-order valence-electron chi connectivity index (χ2n) is 5.19. The van der Waals surface area contributed by atoms with Gasteiger partial charge in [0.2, 0.25) is 0 Å². The van der Waals surface area contributed by atoms with Crippen molar-refractivity contribution in [3.05, 3.63) is 24.0 Å². The van der Waals surface area contributed by atoms with E-state index in [9.17, 15) is 0 Å². The number of hydrogen-bond acceptors (Lipinski definition) is 0. The molecule has 0 spiro atoms. The van der Waals surface area contributed by atoms with Crippen LogP contribution in [-0.4, -0.2) is 0 Å². The highest BCUT2D eigenvalue weighted by Gasteiger charge is 2.37. The highest BCUT2D eigenvalue weighted by Crippen LogP contribution is 2.46. The van der Waals surface area contributed by atoms with Crippen molar-refractivity contribution in [2.75, 3.05) is 0 Å². The quantitative estimate of drug-likeness (QED) is 0.573. The monoisotopic (exact) mass is 192 g/mol. The van der Waals surface area contributed by atoms with Crippen LogP contribution >= 0.6 is 0 Å². The van der Waals surface area contributed by atoms with Gasteiger partial charge >= 0.3 is 0 Å². The third-order valence-corrected chi connectivity index (χ3v) is 4.24. The molecular weight excluding hydrogens is 168 g/mol. The molecule has 0 aliphatic heterocycles. The molecule has 1 rings (SSSR count). The summed E-state index contributed by atoms with van der Waals surface area (Å²) in [6, 6.07) is 0. The van der Waals surface area contributed by atoms with Gasteiger partial charge in [-0.3, -0.25) is 0 Å². The summed E-state index contributed by atoms with van der Waals surface area (Å²) in [6.45, 7) is 18.1. The topological polar surface area (TPSA) is 0 Å². The molecule has 0 fully saturated rings. The lowest BCUT2D eigenvalue weighted by molar-refractivity contribution is 0.382. The summed E-state index contributed by atoms with van der Waals surface area (Å²) in [6.07, 6.45) is 0. The van der Waals surface area contributed by atoms with Gasteiger partial charge in [0.15, 0.2) is 0 Å². The van der Waals surface area contributed by atoms with Gasteiger partial charge in [0.05, 0.1) is 0 Å². The van der Waals surface area contributed by atoms with E-state index in [4.69, 9.17) is 0 Å². The van der Waals surface area contributed by atoms with Crippen LogP contribution in [0.4, 0.5) is 0 Å². The van der Waals surface area contributed by atoms with E-state index in [1.807, 2.05) is 0 Å². The first-order chi connectivity index (χ1) is 6.37. The fourth-order valence-corrected chi connectivity index (χ4v) is 2.57. The highest BCUT2D eigenvalue weighted by atomic mass is 14.4. The zero-order chi connectivity index (χ0) is 11.0. The van der Waals surface area contributed by atoms with Crippen LogP contribution in [0.5, 0.6) is 0 Å². The molecule has 0 heteroatoms. The fourth-order valence-electron chi connectivity index (χ4n) is 2.57. The van der Waals surface area contributed by atoms with E-state index in [0.29, 0.717) is 23.7 Å². The van der Waals surface area contributed by atoms with Gasteiger partial charge in [0.1, 0.15) is 0 Å².